The molecular formula is C24H29N5O3. The molecule has 32 heavy (non-hydrogen) atoms. The van der Waals surface area contributed by atoms with Gasteiger partial charge in [0, 0.05) is 61.8 Å². The fraction of sp³-hybridized carbons (Fsp3) is 0.417. The number of methoxy groups -OCH3 is 1. The second-order valence-corrected chi connectivity index (χ2v) is 8.27. The number of aromatic amines is 1. The van der Waals surface area contributed by atoms with Crippen molar-refractivity contribution in [1.29, 1.82) is 0 Å². The Labute approximate surface area is 187 Å². The van der Waals surface area contributed by atoms with E-state index in [4.69, 9.17) is 14.2 Å². The normalized spacial score (nSPS) is 21.2. The van der Waals surface area contributed by atoms with Crippen molar-refractivity contribution >= 4 is 23.1 Å². The first-order valence-electron chi connectivity index (χ1n) is 11.1. The molecule has 2 N–H and O–H groups in total. The molecule has 0 bridgehead atoms. The van der Waals surface area contributed by atoms with Gasteiger partial charge in [0.2, 0.25) is 5.90 Å². The minimum atomic E-state index is -0.0980. The van der Waals surface area contributed by atoms with Crippen LogP contribution in [0, 0.1) is 12.8 Å². The highest BCUT2D eigenvalue weighted by atomic mass is 16.5. The van der Waals surface area contributed by atoms with E-state index in [1.54, 1.807) is 13.4 Å². The van der Waals surface area contributed by atoms with Crippen LogP contribution in [0.2, 0.25) is 0 Å². The fourth-order valence-electron chi connectivity index (χ4n) is 4.35. The van der Waals surface area contributed by atoms with E-state index < -0.39 is 0 Å². The van der Waals surface area contributed by atoms with Gasteiger partial charge in [-0.3, -0.25) is 4.90 Å². The number of aliphatic imine (C=N–C) groups is 2. The molecule has 0 spiro atoms. The van der Waals surface area contributed by atoms with E-state index in [1.807, 2.05) is 31.2 Å². The summed E-state index contributed by atoms with van der Waals surface area (Å²) in [5.74, 6) is 2.82. The first-order valence-corrected chi connectivity index (χ1v) is 11.1. The third-order valence-electron chi connectivity index (χ3n) is 6.06. The van der Waals surface area contributed by atoms with E-state index in [2.05, 4.69) is 31.3 Å². The zero-order valence-electron chi connectivity index (χ0n) is 18.6. The number of aryl methyl sites for hydroxylation is 1. The molecule has 2 aliphatic heterocycles. The molecule has 1 aromatic heterocycles. The molecule has 0 radical (unpaired) electrons. The zero-order chi connectivity index (χ0) is 21.9. The number of benzene rings is 1. The molecule has 5 rings (SSSR count). The summed E-state index contributed by atoms with van der Waals surface area (Å²) in [5, 5.41) is 4.48. The van der Waals surface area contributed by atoms with Gasteiger partial charge < -0.3 is 24.5 Å². The van der Waals surface area contributed by atoms with Crippen LogP contribution < -0.4 is 10.1 Å². The van der Waals surface area contributed by atoms with Gasteiger partial charge in [-0.25, -0.2) is 9.98 Å². The summed E-state index contributed by atoms with van der Waals surface area (Å²) in [4.78, 5) is 14.7. The number of nitrogens with zero attached hydrogens (tertiary/aromatic N) is 3. The Morgan fingerprint density at radius 1 is 1.19 bits per heavy atom. The maximum Gasteiger partial charge on any atom is 0.205 e. The van der Waals surface area contributed by atoms with E-state index >= 15 is 0 Å². The minimum Gasteiger partial charge on any atom is -0.497 e. The maximum absolute atomic E-state index is 6.20. The van der Waals surface area contributed by atoms with E-state index in [0.717, 1.165) is 72.3 Å². The first-order chi connectivity index (χ1) is 15.7. The van der Waals surface area contributed by atoms with Crippen molar-refractivity contribution in [2.24, 2.45) is 15.9 Å². The van der Waals surface area contributed by atoms with Gasteiger partial charge in [0.1, 0.15) is 24.5 Å². The Hall–Kier alpha value is -3.10. The van der Waals surface area contributed by atoms with Crippen molar-refractivity contribution in [3.05, 3.63) is 53.3 Å². The van der Waals surface area contributed by atoms with E-state index in [0.29, 0.717) is 18.9 Å². The van der Waals surface area contributed by atoms with Crippen LogP contribution in [0.1, 0.15) is 12.1 Å². The predicted octanol–water partition coefficient (Wildman–Crippen LogP) is 2.98. The van der Waals surface area contributed by atoms with Crippen LogP contribution in [-0.2, 0) is 9.47 Å². The van der Waals surface area contributed by atoms with Crippen LogP contribution in [0.4, 0.5) is 0 Å². The topological polar surface area (TPSA) is 83.5 Å². The molecule has 0 amide bonds. The van der Waals surface area contributed by atoms with Gasteiger partial charge in [-0.15, -0.1) is 0 Å². The Kier molecular flexibility index (Phi) is 5.96. The van der Waals surface area contributed by atoms with Crippen molar-refractivity contribution in [1.82, 2.24) is 15.2 Å². The van der Waals surface area contributed by atoms with E-state index in [1.165, 1.54) is 0 Å². The summed E-state index contributed by atoms with van der Waals surface area (Å²) in [6.07, 6.45) is 4.11. The monoisotopic (exact) mass is 435 g/mol. The lowest BCUT2D eigenvalue weighted by molar-refractivity contribution is 0.135. The van der Waals surface area contributed by atoms with Crippen molar-refractivity contribution in [3.8, 4) is 5.75 Å². The number of aromatic nitrogens is 1. The summed E-state index contributed by atoms with van der Waals surface area (Å²) in [6.45, 7) is 7.74. The highest BCUT2D eigenvalue weighted by molar-refractivity contribution is 5.93. The number of allylic oxidation sites excluding steroid dienone is 2. The molecular weight excluding hydrogens is 406 g/mol. The molecule has 1 fully saturated rings. The molecule has 1 atom stereocenters. The molecule has 3 heterocycles. The van der Waals surface area contributed by atoms with Crippen LogP contribution in [0.5, 0.6) is 5.75 Å². The Bertz CT molecular complexity index is 1110. The van der Waals surface area contributed by atoms with Crippen LogP contribution in [0.15, 0.2) is 57.5 Å². The van der Waals surface area contributed by atoms with Gasteiger partial charge in [0.15, 0.2) is 5.76 Å². The first kappa shape index (κ1) is 20.8. The number of fused-ring (bicyclic) bond motifs is 2. The predicted molar refractivity (Wildman–Crippen MR) is 125 cm³/mol. The van der Waals surface area contributed by atoms with E-state index in [-0.39, 0.29) is 5.92 Å². The van der Waals surface area contributed by atoms with Crippen LogP contribution in [-0.4, -0.2) is 68.6 Å². The highest BCUT2D eigenvalue weighted by Crippen LogP contribution is 2.34. The molecule has 8 nitrogen and oxygen atoms in total. The van der Waals surface area contributed by atoms with Crippen molar-refractivity contribution in [3.63, 3.8) is 0 Å². The molecule has 3 aliphatic rings. The average Bonchev–Trinajstić information content (AvgIpc) is 3.19. The number of hydrogen-bond acceptors (Lipinski definition) is 7. The standard InChI is InChI=1S/C24H29N5O3/c1-16-11-17-12-18(3-4-20(17)28-16)32-24-19-13-22(30-2)23(14-21(19)26-15-27-24)31-10-9-29-7-5-25-6-8-29/h3-4,11-12,14-15,19,25,28H,5-10,13H2,1-2H3. The third-order valence-corrected chi connectivity index (χ3v) is 6.06. The van der Waals surface area contributed by atoms with Gasteiger partial charge in [-0.2, -0.15) is 0 Å². The largest absolute Gasteiger partial charge is 0.497 e. The Morgan fingerprint density at radius 3 is 2.91 bits per heavy atom. The molecule has 1 unspecified atom stereocenters. The zero-order valence-corrected chi connectivity index (χ0v) is 18.6. The molecule has 1 aliphatic carbocycles. The van der Waals surface area contributed by atoms with Crippen molar-refractivity contribution in [2.45, 2.75) is 13.3 Å². The molecule has 0 saturated carbocycles. The van der Waals surface area contributed by atoms with Crippen molar-refractivity contribution < 1.29 is 14.2 Å². The maximum atomic E-state index is 6.20. The minimum absolute atomic E-state index is 0.0980. The molecule has 2 aromatic rings. The number of piperazine rings is 1. The quantitative estimate of drug-likeness (QED) is 0.729. The second kappa shape index (κ2) is 9.18. The van der Waals surface area contributed by atoms with Crippen molar-refractivity contribution in [2.75, 3.05) is 46.4 Å². The van der Waals surface area contributed by atoms with Crippen LogP contribution >= 0.6 is 0 Å². The SMILES string of the molecule is COC1=C(OCCN2CCNCC2)C=C2N=CN=C(Oc3ccc4[nH]c(C)cc4c3)C2C1. The molecule has 1 aromatic carbocycles. The Morgan fingerprint density at radius 2 is 2.06 bits per heavy atom. The summed E-state index contributed by atoms with van der Waals surface area (Å²) >= 11 is 0. The third kappa shape index (κ3) is 4.42. The fourth-order valence-corrected chi connectivity index (χ4v) is 4.35. The summed E-state index contributed by atoms with van der Waals surface area (Å²) in [7, 11) is 1.68. The molecule has 8 heteroatoms. The molecule has 1 saturated heterocycles. The van der Waals surface area contributed by atoms with Gasteiger partial charge in [0.25, 0.3) is 0 Å². The number of hydrogen-bond donors (Lipinski definition) is 2. The van der Waals surface area contributed by atoms with Gasteiger partial charge in [-0.1, -0.05) is 0 Å². The highest BCUT2D eigenvalue weighted by Gasteiger charge is 2.32. The Balaban J connectivity index is 1.27. The number of nitrogens with one attached hydrogen (secondary N) is 2. The lowest BCUT2D eigenvalue weighted by atomic mass is 9.93. The number of ether oxygens (including phenoxy) is 3. The van der Waals surface area contributed by atoms with Gasteiger partial charge in [0.05, 0.1) is 18.7 Å². The summed E-state index contributed by atoms with van der Waals surface area (Å²) < 4.78 is 18.0. The lowest BCUT2D eigenvalue weighted by Crippen LogP contribution is -2.44. The van der Waals surface area contributed by atoms with Crippen LogP contribution in [0.3, 0.4) is 0 Å². The smallest absolute Gasteiger partial charge is 0.205 e. The number of H-pyrrole nitrogens is 1. The van der Waals surface area contributed by atoms with Crippen LogP contribution in [0.25, 0.3) is 10.9 Å². The summed E-state index contributed by atoms with van der Waals surface area (Å²) in [6, 6.07) is 8.11. The molecule has 168 valence electrons. The van der Waals surface area contributed by atoms with Gasteiger partial charge in [-0.05, 0) is 31.2 Å². The average molecular weight is 436 g/mol. The second-order valence-electron chi connectivity index (χ2n) is 8.27. The van der Waals surface area contributed by atoms with E-state index in [9.17, 15) is 0 Å². The lowest BCUT2D eigenvalue weighted by Gasteiger charge is -2.29. The number of rotatable bonds is 6. The summed E-state index contributed by atoms with van der Waals surface area (Å²) in [5.41, 5.74) is 3.09. The van der Waals surface area contributed by atoms with Gasteiger partial charge >= 0.3 is 0 Å².